The molecule has 2 rings (SSSR count). The molecule has 0 saturated heterocycles. The number of nitrogens with zero attached hydrogens (tertiary/aromatic N) is 2. The summed E-state index contributed by atoms with van der Waals surface area (Å²) in [4.78, 5) is 24.0. The van der Waals surface area contributed by atoms with Crippen molar-refractivity contribution in [3.05, 3.63) is 48.8 Å². The topological polar surface area (TPSA) is 114 Å². The van der Waals surface area contributed by atoms with E-state index in [-0.39, 0.29) is 11.4 Å². The van der Waals surface area contributed by atoms with Gasteiger partial charge in [0.05, 0.1) is 17.8 Å². The van der Waals surface area contributed by atoms with Gasteiger partial charge in [-0.15, -0.1) is 8.42 Å². The number of carbonyl (C=O) groups is 2. The van der Waals surface area contributed by atoms with Crippen LogP contribution in [0.4, 0.5) is 5.69 Å². The Morgan fingerprint density at radius 3 is 2.50 bits per heavy atom. The van der Waals surface area contributed by atoms with Crippen molar-refractivity contribution in [3.8, 4) is 11.8 Å². The first-order valence-electron chi connectivity index (χ1n) is 5.76. The molecule has 2 amide bonds. The van der Waals surface area contributed by atoms with Gasteiger partial charge in [0.2, 0.25) is 0 Å². The van der Waals surface area contributed by atoms with Gasteiger partial charge >= 0.3 is 10.4 Å². The Balaban J connectivity index is 2.19. The van der Waals surface area contributed by atoms with Crippen molar-refractivity contribution in [2.24, 2.45) is 0 Å². The Labute approximate surface area is 125 Å². The number of nitriles is 1. The first-order chi connectivity index (χ1) is 10.4. The van der Waals surface area contributed by atoms with E-state index < -0.39 is 22.2 Å². The van der Waals surface area contributed by atoms with E-state index >= 15 is 0 Å². The molecule has 0 spiro atoms. The quantitative estimate of drug-likeness (QED) is 0.447. The third-order valence-electron chi connectivity index (χ3n) is 2.40. The van der Waals surface area contributed by atoms with Crippen molar-refractivity contribution in [2.75, 3.05) is 4.90 Å². The fourth-order valence-electron chi connectivity index (χ4n) is 1.59. The summed E-state index contributed by atoms with van der Waals surface area (Å²) in [5.41, 5.74) is 0.153. The van der Waals surface area contributed by atoms with Crippen molar-refractivity contribution < 1.29 is 26.4 Å². The molecule has 1 heterocycles. The molecule has 1 aromatic carbocycles. The molecule has 112 valence electrons. The number of rotatable bonds is 5. The monoisotopic (exact) mass is 320 g/mol. The lowest BCUT2D eigenvalue weighted by atomic mass is 10.3. The highest BCUT2D eigenvalue weighted by Gasteiger charge is 2.25. The molecule has 8 nitrogen and oxygen atoms in total. The second kappa shape index (κ2) is 6.11. The van der Waals surface area contributed by atoms with E-state index in [4.69, 9.17) is 5.26 Å². The predicted octanol–water partition coefficient (Wildman–Crippen LogP) is 0.793. The molecule has 0 radical (unpaired) electrons. The Hall–Kier alpha value is -3.12. The maximum atomic E-state index is 11.6. The molecule has 0 unspecified atom stereocenters. The van der Waals surface area contributed by atoms with Crippen molar-refractivity contribution >= 4 is 27.9 Å². The van der Waals surface area contributed by atoms with Gasteiger partial charge < -0.3 is 8.37 Å². The summed E-state index contributed by atoms with van der Waals surface area (Å²) in [5, 5.41) is 8.23. The highest BCUT2D eigenvalue weighted by atomic mass is 32.3. The first-order valence-corrected chi connectivity index (χ1v) is 7.10. The zero-order valence-electron chi connectivity index (χ0n) is 10.9. The molecular weight excluding hydrogens is 312 g/mol. The normalized spacial score (nSPS) is 14.4. The molecule has 1 aromatic rings. The molecule has 0 aromatic heterocycles. The van der Waals surface area contributed by atoms with E-state index in [1.807, 2.05) is 0 Å². The van der Waals surface area contributed by atoms with E-state index in [1.165, 1.54) is 24.3 Å². The zero-order valence-corrected chi connectivity index (χ0v) is 11.7. The Morgan fingerprint density at radius 2 is 1.86 bits per heavy atom. The van der Waals surface area contributed by atoms with Gasteiger partial charge in [-0.25, -0.2) is 4.90 Å². The fourth-order valence-corrected chi connectivity index (χ4v) is 2.16. The van der Waals surface area contributed by atoms with Crippen LogP contribution < -0.4 is 9.08 Å². The molecule has 0 aliphatic carbocycles. The van der Waals surface area contributed by atoms with Crippen LogP contribution in [0.3, 0.4) is 0 Å². The summed E-state index contributed by atoms with van der Waals surface area (Å²) in [7, 11) is -4.42. The van der Waals surface area contributed by atoms with E-state index in [0.29, 0.717) is 6.26 Å². The smallest absolute Gasteiger partial charge is 0.360 e. The first kappa shape index (κ1) is 15.3. The maximum Gasteiger partial charge on any atom is 0.500 e. The third kappa shape index (κ3) is 3.50. The lowest BCUT2D eigenvalue weighted by molar-refractivity contribution is -0.119. The third-order valence-corrected chi connectivity index (χ3v) is 3.14. The molecular formula is C13H8N2O6S. The largest absolute Gasteiger partial charge is 0.500 e. The van der Waals surface area contributed by atoms with Crippen LogP contribution in [0.25, 0.3) is 0 Å². The highest BCUT2D eigenvalue weighted by molar-refractivity contribution is 7.82. The minimum atomic E-state index is -4.42. The minimum Gasteiger partial charge on any atom is -0.360 e. The molecule has 0 atom stereocenters. The van der Waals surface area contributed by atoms with E-state index in [9.17, 15) is 18.0 Å². The fraction of sp³-hybridized carbons (Fsp3) is 0. The zero-order chi connectivity index (χ0) is 16.2. The lowest BCUT2D eigenvalue weighted by Gasteiger charge is -2.14. The van der Waals surface area contributed by atoms with Crippen molar-refractivity contribution in [1.82, 2.24) is 0 Å². The summed E-state index contributed by atoms with van der Waals surface area (Å²) in [5.74, 6) is -1.24. The Kier molecular flexibility index (Phi) is 4.24. The molecule has 0 saturated carbocycles. The standard InChI is InChI=1S/C13H8N2O6S/c14-7-2-8-20-22(18,19)21-11-4-1-3-10(9-11)15-12(16)5-6-13(15)17/h1-6,8-9H. The molecule has 0 N–H and O–H groups in total. The number of anilines is 1. The second-order valence-corrected chi connectivity index (χ2v) is 5.04. The van der Waals surface area contributed by atoms with Crippen LogP contribution in [0.1, 0.15) is 0 Å². The number of carbonyl (C=O) groups excluding carboxylic acids is 2. The maximum absolute atomic E-state index is 11.6. The van der Waals surface area contributed by atoms with Gasteiger partial charge in [0.1, 0.15) is 12.0 Å². The molecule has 0 bridgehead atoms. The number of imide groups is 1. The average Bonchev–Trinajstić information content (AvgIpc) is 2.78. The van der Waals surface area contributed by atoms with Crippen LogP contribution in [0.15, 0.2) is 48.8 Å². The highest BCUT2D eigenvalue weighted by Crippen LogP contribution is 2.25. The second-order valence-electron chi connectivity index (χ2n) is 3.86. The van der Waals surface area contributed by atoms with Gasteiger partial charge in [0, 0.05) is 18.2 Å². The number of amides is 2. The van der Waals surface area contributed by atoms with Gasteiger partial charge in [-0.2, -0.15) is 5.26 Å². The van der Waals surface area contributed by atoms with Gasteiger partial charge in [0.25, 0.3) is 11.8 Å². The number of hydrogen-bond donors (Lipinski definition) is 0. The van der Waals surface area contributed by atoms with Gasteiger partial charge in [-0.05, 0) is 12.1 Å². The Morgan fingerprint density at radius 1 is 1.18 bits per heavy atom. The van der Waals surface area contributed by atoms with Crippen LogP contribution in [0.2, 0.25) is 0 Å². The summed E-state index contributed by atoms with van der Waals surface area (Å²) in [6.45, 7) is 0. The Bertz CT molecular complexity index is 801. The molecule has 9 heteroatoms. The average molecular weight is 320 g/mol. The number of hydrogen-bond acceptors (Lipinski definition) is 7. The van der Waals surface area contributed by atoms with E-state index in [0.717, 1.165) is 23.1 Å². The predicted molar refractivity (Wildman–Crippen MR) is 73.5 cm³/mol. The minimum absolute atomic E-state index is 0.153. The lowest BCUT2D eigenvalue weighted by Crippen LogP contribution is -2.29. The van der Waals surface area contributed by atoms with Crippen LogP contribution >= 0.6 is 0 Å². The molecule has 0 fully saturated rings. The van der Waals surface area contributed by atoms with Crippen LogP contribution in [-0.2, 0) is 24.2 Å². The molecule has 22 heavy (non-hydrogen) atoms. The summed E-state index contributed by atoms with van der Waals surface area (Å²) < 4.78 is 31.8. The van der Waals surface area contributed by atoms with Gasteiger partial charge in [-0.1, -0.05) is 6.07 Å². The summed E-state index contributed by atoms with van der Waals surface area (Å²) in [6.07, 6.45) is 3.66. The number of benzene rings is 1. The van der Waals surface area contributed by atoms with Crippen molar-refractivity contribution in [3.63, 3.8) is 0 Å². The van der Waals surface area contributed by atoms with Gasteiger partial charge in [-0.3, -0.25) is 9.59 Å². The summed E-state index contributed by atoms with van der Waals surface area (Å²) in [6, 6.07) is 6.89. The van der Waals surface area contributed by atoms with Gasteiger partial charge in [0.15, 0.2) is 0 Å². The summed E-state index contributed by atoms with van der Waals surface area (Å²) >= 11 is 0. The molecule has 1 aliphatic rings. The van der Waals surface area contributed by atoms with Crippen LogP contribution in [0.5, 0.6) is 5.75 Å². The SMILES string of the molecule is N#CC=COS(=O)(=O)Oc1cccc(N2C(=O)C=CC2=O)c1. The van der Waals surface area contributed by atoms with Crippen LogP contribution in [0, 0.1) is 11.3 Å². The van der Waals surface area contributed by atoms with Crippen molar-refractivity contribution in [2.45, 2.75) is 0 Å². The number of allylic oxidation sites excluding steroid dienone is 1. The van der Waals surface area contributed by atoms with E-state index in [2.05, 4.69) is 8.37 Å². The van der Waals surface area contributed by atoms with Crippen LogP contribution in [-0.4, -0.2) is 20.2 Å². The van der Waals surface area contributed by atoms with Crippen molar-refractivity contribution in [1.29, 1.82) is 5.26 Å². The molecule has 1 aliphatic heterocycles. The van der Waals surface area contributed by atoms with E-state index in [1.54, 1.807) is 6.07 Å².